The highest BCUT2D eigenvalue weighted by Gasteiger charge is 2.27. The van der Waals surface area contributed by atoms with Crippen molar-refractivity contribution in [3.8, 4) is 11.5 Å². The molecular weight excluding hydrogens is 339 g/mol. The van der Waals surface area contributed by atoms with Gasteiger partial charge in [-0.05, 0) is 36.2 Å². The van der Waals surface area contributed by atoms with Gasteiger partial charge in [0, 0.05) is 11.8 Å². The van der Waals surface area contributed by atoms with E-state index in [9.17, 15) is 9.18 Å². The second kappa shape index (κ2) is 8.03. The van der Waals surface area contributed by atoms with Crippen molar-refractivity contribution in [3.05, 3.63) is 53.8 Å². The Bertz CT molecular complexity index is 770. The fourth-order valence-electron chi connectivity index (χ4n) is 2.69. The fraction of sp³-hybridized carbons (Fsp3) is 0.278. The normalized spacial score (nSPS) is 19.6. The number of ether oxygens (including phenoxy) is 2. The highest BCUT2D eigenvalue weighted by atomic mass is 19.1. The summed E-state index contributed by atoms with van der Waals surface area (Å²) >= 11 is 0. The molecule has 26 heavy (non-hydrogen) atoms. The van der Waals surface area contributed by atoms with Crippen LogP contribution in [0.4, 0.5) is 10.1 Å². The minimum Gasteiger partial charge on any atom is -0.493 e. The molecule has 2 aromatic carbocycles. The summed E-state index contributed by atoms with van der Waals surface area (Å²) < 4.78 is 23.4. The lowest BCUT2D eigenvalue weighted by atomic mass is 10.1. The first-order chi connectivity index (χ1) is 12.6. The number of halogens is 1. The molecule has 1 fully saturated rings. The van der Waals surface area contributed by atoms with Crippen LogP contribution in [0.15, 0.2) is 42.5 Å². The fourth-order valence-corrected chi connectivity index (χ4v) is 2.69. The molecular formula is C18H21FN4O3. The zero-order chi connectivity index (χ0) is 18.5. The number of nitrogens with one attached hydrogen (secondary N) is 4. The van der Waals surface area contributed by atoms with E-state index in [4.69, 9.17) is 9.47 Å². The van der Waals surface area contributed by atoms with Crippen LogP contribution in [-0.4, -0.2) is 32.5 Å². The van der Waals surface area contributed by atoms with E-state index in [0.717, 1.165) is 11.3 Å². The molecule has 1 saturated heterocycles. The topological polar surface area (TPSA) is 83.7 Å². The number of rotatable bonds is 6. The Morgan fingerprint density at radius 3 is 2.42 bits per heavy atom. The number of carbonyl (C=O) groups is 1. The number of benzene rings is 2. The quantitative estimate of drug-likeness (QED) is 0.623. The third-order valence-electron chi connectivity index (χ3n) is 4.05. The minimum atomic E-state index is -0.495. The van der Waals surface area contributed by atoms with Crippen LogP contribution < -0.4 is 31.0 Å². The van der Waals surface area contributed by atoms with Gasteiger partial charge in [-0.25, -0.2) is 15.2 Å². The van der Waals surface area contributed by atoms with Gasteiger partial charge in [-0.2, -0.15) is 0 Å². The molecule has 0 spiro atoms. The van der Waals surface area contributed by atoms with E-state index in [1.807, 2.05) is 6.07 Å². The van der Waals surface area contributed by atoms with Crippen molar-refractivity contribution in [3.63, 3.8) is 0 Å². The van der Waals surface area contributed by atoms with Crippen molar-refractivity contribution in [2.45, 2.75) is 18.8 Å². The van der Waals surface area contributed by atoms with Gasteiger partial charge in [0.1, 0.15) is 11.9 Å². The van der Waals surface area contributed by atoms with Crippen molar-refractivity contribution >= 4 is 11.6 Å². The van der Waals surface area contributed by atoms with Gasteiger partial charge in [0.15, 0.2) is 17.8 Å². The average Bonchev–Trinajstić information content (AvgIpc) is 2.65. The molecule has 1 heterocycles. The number of hydrogen-bond donors (Lipinski definition) is 4. The molecule has 1 aliphatic heterocycles. The third-order valence-corrected chi connectivity index (χ3v) is 4.05. The summed E-state index contributed by atoms with van der Waals surface area (Å²) in [5.74, 6) is 0.746. The zero-order valence-electron chi connectivity index (χ0n) is 14.5. The van der Waals surface area contributed by atoms with E-state index < -0.39 is 12.3 Å². The Morgan fingerprint density at radius 2 is 1.77 bits per heavy atom. The Kier molecular flexibility index (Phi) is 5.55. The van der Waals surface area contributed by atoms with Crippen molar-refractivity contribution in [2.75, 3.05) is 19.5 Å². The van der Waals surface area contributed by atoms with Crippen LogP contribution in [0.3, 0.4) is 0 Å². The summed E-state index contributed by atoms with van der Waals surface area (Å²) in [6.45, 7) is 0. The minimum absolute atomic E-state index is 0.161. The lowest BCUT2D eigenvalue weighted by Crippen LogP contribution is -2.68. The van der Waals surface area contributed by atoms with Gasteiger partial charge in [0.05, 0.1) is 14.2 Å². The van der Waals surface area contributed by atoms with Crippen LogP contribution in [0.1, 0.15) is 5.56 Å². The molecule has 1 amide bonds. The molecule has 8 heteroatoms. The maximum absolute atomic E-state index is 13.0. The van der Waals surface area contributed by atoms with E-state index in [1.54, 1.807) is 38.5 Å². The number of anilines is 1. The van der Waals surface area contributed by atoms with Gasteiger partial charge >= 0.3 is 0 Å². The number of amides is 1. The first-order valence-corrected chi connectivity index (χ1v) is 8.13. The summed E-state index contributed by atoms with van der Waals surface area (Å²) in [6.07, 6.45) is -0.0487. The number of methoxy groups -OCH3 is 2. The van der Waals surface area contributed by atoms with Gasteiger partial charge in [-0.15, -0.1) is 0 Å². The monoisotopic (exact) mass is 360 g/mol. The Morgan fingerprint density at radius 1 is 1.04 bits per heavy atom. The Hall–Kier alpha value is -2.84. The Labute approximate surface area is 150 Å². The molecule has 1 aliphatic rings. The van der Waals surface area contributed by atoms with Crippen LogP contribution in [0, 0.1) is 5.82 Å². The maximum atomic E-state index is 13.0. The summed E-state index contributed by atoms with van der Waals surface area (Å²) in [4.78, 5) is 12.3. The first-order valence-electron chi connectivity index (χ1n) is 8.13. The molecule has 138 valence electrons. The van der Waals surface area contributed by atoms with Gasteiger partial charge in [-0.1, -0.05) is 12.1 Å². The van der Waals surface area contributed by atoms with E-state index in [2.05, 4.69) is 21.5 Å². The predicted octanol–water partition coefficient (Wildman–Crippen LogP) is 1.37. The molecule has 2 atom stereocenters. The van der Waals surface area contributed by atoms with Crippen LogP contribution in [0.25, 0.3) is 0 Å². The first kappa shape index (κ1) is 18.0. The van der Waals surface area contributed by atoms with E-state index in [1.165, 1.54) is 12.1 Å². The number of carbonyl (C=O) groups excluding carboxylic acids is 1. The smallest absolute Gasteiger partial charge is 0.241 e. The van der Waals surface area contributed by atoms with Gasteiger partial charge in [0.25, 0.3) is 0 Å². The molecule has 2 aromatic rings. The SMILES string of the molecule is COc1ccc(NC2NNC(Cc3ccc(F)cc3)C(=O)N2)cc1OC. The second-order valence-corrected chi connectivity index (χ2v) is 5.83. The molecule has 0 aromatic heterocycles. The molecule has 4 N–H and O–H groups in total. The molecule has 3 rings (SSSR count). The summed E-state index contributed by atoms with van der Waals surface area (Å²) in [5, 5.41) is 5.98. The van der Waals surface area contributed by atoms with Gasteiger partial charge in [-0.3, -0.25) is 4.79 Å². The molecule has 0 bridgehead atoms. The van der Waals surface area contributed by atoms with Crippen LogP contribution in [-0.2, 0) is 11.2 Å². The molecule has 0 aliphatic carbocycles. The molecule has 0 radical (unpaired) electrons. The zero-order valence-corrected chi connectivity index (χ0v) is 14.5. The number of hydrazine groups is 1. The summed E-state index contributed by atoms with van der Waals surface area (Å²) in [6, 6.07) is 11.0. The lowest BCUT2D eigenvalue weighted by Gasteiger charge is -2.32. The van der Waals surface area contributed by atoms with Crippen molar-refractivity contribution in [1.29, 1.82) is 0 Å². The van der Waals surface area contributed by atoms with Gasteiger partial charge < -0.3 is 20.1 Å². The van der Waals surface area contributed by atoms with Crippen molar-refractivity contribution in [2.24, 2.45) is 0 Å². The van der Waals surface area contributed by atoms with Crippen molar-refractivity contribution < 1.29 is 18.7 Å². The summed E-state index contributed by atoms with van der Waals surface area (Å²) in [7, 11) is 3.13. The van der Waals surface area contributed by atoms with E-state index in [-0.39, 0.29) is 11.7 Å². The second-order valence-electron chi connectivity index (χ2n) is 5.83. The van der Waals surface area contributed by atoms with Gasteiger partial charge in [0.2, 0.25) is 5.91 Å². The third kappa shape index (κ3) is 4.22. The standard InChI is InChI=1S/C18H21FN4O3/c1-25-15-8-7-13(10-16(15)26-2)20-18-21-17(24)14(22-23-18)9-11-3-5-12(19)6-4-11/h3-8,10,14,18,20,22-23H,9H2,1-2H3,(H,21,24). The highest BCUT2D eigenvalue weighted by Crippen LogP contribution is 2.29. The van der Waals surface area contributed by atoms with Crippen LogP contribution in [0.5, 0.6) is 11.5 Å². The van der Waals surface area contributed by atoms with Crippen LogP contribution >= 0.6 is 0 Å². The average molecular weight is 360 g/mol. The number of hydrogen-bond acceptors (Lipinski definition) is 6. The maximum Gasteiger partial charge on any atom is 0.241 e. The lowest BCUT2D eigenvalue weighted by molar-refractivity contribution is -0.126. The molecule has 0 saturated carbocycles. The summed E-state index contributed by atoms with van der Waals surface area (Å²) in [5.41, 5.74) is 7.60. The predicted molar refractivity (Wildman–Crippen MR) is 95.3 cm³/mol. The highest BCUT2D eigenvalue weighted by molar-refractivity contribution is 5.83. The Balaban J connectivity index is 1.58. The van der Waals surface area contributed by atoms with Crippen LogP contribution in [0.2, 0.25) is 0 Å². The largest absolute Gasteiger partial charge is 0.493 e. The molecule has 2 unspecified atom stereocenters. The van der Waals surface area contributed by atoms with Crippen molar-refractivity contribution in [1.82, 2.24) is 16.2 Å². The van der Waals surface area contributed by atoms with E-state index in [0.29, 0.717) is 17.9 Å². The molecule has 7 nitrogen and oxygen atoms in total. The van der Waals surface area contributed by atoms with E-state index >= 15 is 0 Å².